The average molecular weight is 278 g/mol. The van der Waals surface area contributed by atoms with Crippen molar-refractivity contribution in [2.75, 3.05) is 19.6 Å². The molecule has 0 aromatic heterocycles. The van der Waals surface area contributed by atoms with Gasteiger partial charge < -0.3 is 5.32 Å². The SMILES string of the molecule is CCCNC1CCC(CC)CC1CN1CC2CCC1C2. The maximum Gasteiger partial charge on any atom is 0.0108 e. The third-order valence-corrected chi connectivity index (χ3v) is 6.32. The summed E-state index contributed by atoms with van der Waals surface area (Å²) >= 11 is 0. The first-order valence-corrected chi connectivity index (χ1v) is 9.27. The summed E-state index contributed by atoms with van der Waals surface area (Å²) in [6.07, 6.45) is 11.5. The fourth-order valence-corrected chi connectivity index (χ4v) is 5.08. The molecule has 0 amide bonds. The minimum absolute atomic E-state index is 0.803. The van der Waals surface area contributed by atoms with Crippen molar-refractivity contribution in [1.29, 1.82) is 0 Å². The Morgan fingerprint density at radius 1 is 1.05 bits per heavy atom. The Morgan fingerprint density at radius 3 is 2.60 bits per heavy atom. The first-order chi connectivity index (χ1) is 9.80. The first kappa shape index (κ1) is 14.8. The van der Waals surface area contributed by atoms with Crippen molar-refractivity contribution in [2.24, 2.45) is 17.8 Å². The van der Waals surface area contributed by atoms with E-state index in [1.165, 1.54) is 71.0 Å². The molecule has 116 valence electrons. The third-order valence-electron chi connectivity index (χ3n) is 6.32. The van der Waals surface area contributed by atoms with Crippen LogP contribution >= 0.6 is 0 Å². The number of nitrogens with one attached hydrogen (secondary N) is 1. The molecule has 1 aliphatic heterocycles. The Labute approximate surface area is 125 Å². The summed E-state index contributed by atoms with van der Waals surface area (Å²) in [6.45, 7) is 8.69. The van der Waals surface area contributed by atoms with Gasteiger partial charge in [0, 0.05) is 25.2 Å². The van der Waals surface area contributed by atoms with Gasteiger partial charge in [-0.2, -0.15) is 0 Å². The van der Waals surface area contributed by atoms with Crippen molar-refractivity contribution in [1.82, 2.24) is 10.2 Å². The van der Waals surface area contributed by atoms with E-state index >= 15 is 0 Å². The summed E-state index contributed by atoms with van der Waals surface area (Å²) < 4.78 is 0. The quantitative estimate of drug-likeness (QED) is 0.797. The molecule has 2 saturated carbocycles. The van der Waals surface area contributed by atoms with Crippen LogP contribution in [0.2, 0.25) is 0 Å². The van der Waals surface area contributed by atoms with Gasteiger partial charge in [-0.1, -0.05) is 20.3 Å². The van der Waals surface area contributed by atoms with Gasteiger partial charge in [-0.15, -0.1) is 0 Å². The van der Waals surface area contributed by atoms with Gasteiger partial charge in [0.2, 0.25) is 0 Å². The maximum atomic E-state index is 3.86. The lowest BCUT2D eigenvalue weighted by molar-refractivity contribution is 0.117. The van der Waals surface area contributed by atoms with Crippen LogP contribution < -0.4 is 5.32 Å². The molecular formula is C18H34N2. The summed E-state index contributed by atoms with van der Waals surface area (Å²) in [5, 5.41) is 3.86. The molecule has 2 aliphatic carbocycles. The summed E-state index contributed by atoms with van der Waals surface area (Å²) in [6, 6.07) is 1.76. The molecule has 5 unspecified atom stereocenters. The van der Waals surface area contributed by atoms with Crippen LogP contribution in [-0.2, 0) is 0 Å². The normalized spacial score (nSPS) is 41.4. The Kier molecular flexibility index (Phi) is 5.04. The molecule has 2 heteroatoms. The molecule has 3 aliphatic rings. The Morgan fingerprint density at radius 2 is 1.95 bits per heavy atom. The smallest absolute Gasteiger partial charge is 0.0108 e. The zero-order valence-corrected chi connectivity index (χ0v) is 13.6. The monoisotopic (exact) mass is 278 g/mol. The van der Waals surface area contributed by atoms with E-state index in [-0.39, 0.29) is 0 Å². The Balaban J connectivity index is 1.57. The molecule has 0 radical (unpaired) electrons. The molecule has 0 aromatic carbocycles. The number of nitrogens with zero attached hydrogens (tertiary/aromatic N) is 1. The first-order valence-electron chi connectivity index (χ1n) is 9.27. The zero-order chi connectivity index (χ0) is 13.9. The molecule has 1 N–H and O–H groups in total. The van der Waals surface area contributed by atoms with Gasteiger partial charge in [-0.05, 0) is 69.2 Å². The number of hydrogen-bond donors (Lipinski definition) is 1. The van der Waals surface area contributed by atoms with Crippen molar-refractivity contribution >= 4 is 0 Å². The highest BCUT2D eigenvalue weighted by Gasteiger charge is 2.40. The van der Waals surface area contributed by atoms with Gasteiger partial charge in [0.05, 0.1) is 0 Å². The van der Waals surface area contributed by atoms with Crippen molar-refractivity contribution in [3.63, 3.8) is 0 Å². The lowest BCUT2D eigenvalue weighted by atomic mass is 9.76. The van der Waals surface area contributed by atoms with Crippen LogP contribution in [0, 0.1) is 17.8 Å². The molecule has 3 fully saturated rings. The fraction of sp³-hybridized carbons (Fsp3) is 1.00. The van der Waals surface area contributed by atoms with Gasteiger partial charge >= 0.3 is 0 Å². The molecule has 0 aromatic rings. The van der Waals surface area contributed by atoms with E-state index in [1.54, 1.807) is 0 Å². The van der Waals surface area contributed by atoms with Crippen LogP contribution in [0.4, 0.5) is 0 Å². The number of likely N-dealkylation sites (tertiary alicyclic amines) is 1. The maximum absolute atomic E-state index is 3.86. The summed E-state index contributed by atoms with van der Waals surface area (Å²) in [4.78, 5) is 2.86. The fourth-order valence-electron chi connectivity index (χ4n) is 5.08. The Hall–Kier alpha value is -0.0800. The highest BCUT2D eigenvalue weighted by Crippen LogP contribution is 2.40. The second kappa shape index (κ2) is 6.79. The van der Waals surface area contributed by atoms with Crippen molar-refractivity contribution in [2.45, 2.75) is 77.3 Å². The van der Waals surface area contributed by atoms with E-state index in [2.05, 4.69) is 24.1 Å². The van der Waals surface area contributed by atoms with Crippen LogP contribution in [0.15, 0.2) is 0 Å². The average Bonchev–Trinajstić information content (AvgIpc) is 3.08. The van der Waals surface area contributed by atoms with Gasteiger partial charge in [0.15, 0.2) is 0 Å². The molecule has 1 heterocycles. The lowest BCUT2D eigenvalue weighted by Crippen LogP contribution is -2.47. The minimum atomic E-state index is 0.803. The molecule has 3 rings (SSSR count). The molecule has 2 nitrogen and oxygen atoms in total. The second-order valence-corrected chi connectivity index (χ2v) is 7.69. The number of fused-ring (bicyclic) bond motifs is 2. The number of hydrogen-bond acceptors (Lipinski definition) is 2. The van der Waals surface area contributed by atoms with Gasteiger partial charge in [0.1, 0.15) is 0 Å². The minimum Gasteiger partial charge on any atom is -0.314 e. The summed E-state index contributed by atoms with van der Waals surface area (Å²) in [7, 11) is 0. The number of piperidine rings is 1. The van der Waals surface area contributed by atoms with E-state index in [0.717, 1.165) is 29.8 Å². The summed E-state index contributed by atoms with van der Waals surface area (Å²) in [5.74, 6) is 2.96. The molecule has 1 saturated heterocycles. The van der Waals surface area contributed by atoms with Crippen molar-refractivity contribution in [3.05, 3.63) is 0 Å². The van der Waals surface area contributed by atoms with Crippen molar-refractivity contribution < 1.29 is 0 Å². The largest absolute Gasteiger partial charge is 0.314 e. The molecule has 5 atom stereocenters. The topological polar surface area (TPSA) is 15.3 Å². The van der Waals surface area contributed by atoms with E-state index < -0.39 is 0 Å². The van der Waals surface area contributed by atoms with E-state index in [4.69, 9.17) is 0 Å². The van der Waals surface area contributed by atoms with Crippen molar-refractivity contribution in [3.8, 4) is 0 Å². The van der Waals surface area contributed by atoms with Crippen LogP contribution in [0.25, 0.3) is 0 Å². The predicted molar refractivity (Wildman–Crippen MR) is 85.9 cm³/mol. The van der Waals surface area contributed by atoms with E-state index in [1.807, 2.05) is 0 Å². The van der Waals surface area contributed by atoms with Crippen LogP contribution in [0.1, 0.15) is 65.2 Å². The molecule has 0 spiro atoms. The van der Waals surface area contributed by atoms with Gasteiger partial charge in [0.25, 0.3) is 0 Å². The highest BCUT2D eigenvalue weighted by molar-refractivity contribution is 4.95. The lowest BCUT2D eigenvalue weighted by Gasteiger charge is -2.40. The van der Waals surface area contributed by atoms with E-state index in [0.29, 0.717) is 0 Å². The number of rotatable bonds is 6. The molecule has 2 bridgehead atoms. The van der Waals surface area contributed by atoms with Gasteiger partial charge in [-0.3, -0.25) is 4.90 Å². The van der Waals surface area contributed by atoms with Crippen LogP contribution in [0.5, 0.6) is 0 Å². The second-order valence-electron chi connectivity index (χ2n) is 7.69. The van der Waals surface area contributed by atoms with E-state index in [9.17, 15) is 0 Å². The molecule has 20 heavy (non-hydrogen) atoms. The predicted octanol–water partition coefficient (Wildman–Crippen LogP) is 3.67. The highest BCUT2D eigenvalue weighted by atomic mass is 15.2. The Bertz CT molecular complexity index is 304. The van der Waals surface area contributed by atoms with Gasteiger partial charge in [-0.25, -0.2) is 0 Å². The standard InChI is InChI=1S/C18H34N2/c1-3-9-19-18-8-6-14(4-2)10-16(18)13-20-12-15-5-7-17(20)11-15/h14-19H,3-13H2,1-2H3. The summed E-state index contributed by atoms with van der Waals surface area (Å²) in [5.41, 5.74) is 0. The van der Waals surface area contributed by atoms with Crippen LogP contribution in [-0.4, -0.2) is 36.6 Å². The third kappa shape index (κ3) is 3.22. The molecular weight excluding hydrogens is 244 g/mol. The van der Waals surface area contributed by atoms with Crippen LogP contribution in [0.3, 0.4) is 0 Å². The zero-order valence-electron chi connectivity index (χ0n) is 13.6.